The van der Waals surface area contributed by atoms with Gasteiger partial charge in [0.1, 0.15) is 0 Å². The molecule has 130 valence electrons. The maximum absolute atomic E-state index is 12.2. The zero-order valence-electron chi connectivity index (χ0n) is 14.1. The van der Waals surface area contributed by atoms with E-state index in [4.69, 9.17) is 4.74 Å². The lowest BCUT2D eigenvalue weighted by Crippen LogP contribution is -2.54. The number of hydrogen-bond donors (Lipinski definition) is 0. The van der Waals surface area contributed by atoms with Gasteiger partial charge in [-0.15, -0.1) is 7.94 Å². The molecule has 0 unspecified atom stereocenters. The molecule has 1 aliphatic rings. The van der Waals surface area contributed by atoms with Crippen LogP contribution in [0, 0.1) is 5.92 Å². The molecule has 5 nitrogen and oxygen atoms in total. The molecule has 0 aromatic heterocycles. The van der Waals surface area contributed by atoms with Crippen molar-refractivity contribution in [2.24, 2.45) is 5.92 Å². The van der Waals surface area contributed by atoms with Gasteiger partial charge in [0, 0.05) is 18.8 Å². The van der Waals surface area contributed by atoms with E-state index in [1.807, 2.05) is 13.8 Å². The Hall–Kier alpha value is -1.00. The molecule has 0 amide bonds. The van der Waals surface area contributed by atoms with Crippen LogP contribution >= 0.6 is 7.94 Å². The SMILES string of the molecule is C=C(CCC=C(C)C)[C@@H]1C[C@@](C(=O)OCC)([P+]([O-])([O-])[O-])CC1=C. The van der Waals surface area contributed by atoms with Gasteiger partial charge in [0.05, 0.1) is 6.61 Å². The van der Waals surface area contributed by atoms with E-state index in [0.29, 0.717) is 12.0 Å². The Morgan fingerprint density at radius 3 is 2.52 bits per heavy atom. The first kappa shape index (κ1) is 20.0. The molecule has 0 heterocycles. The van der Waals surface area contributed by atoms with Crippen LogP contribution in [-0.4, -0.2) is 17.7 Å². The minimum absolute atomic E-state index is 0.0270. The number of carbonyl (C=O) groups is 1. The van der Waals surface area contributed by atoms with Gasteiger partial charge in [-0.3, -0.25) is 0 Å². The van der Waals surface area contributed by atoms with Crippen molar-refractivity contribution in [2.45, 2.75) is 51.6 Å². The Morgan fingerprint density at radius 2 is 2.04 bits per heavy atom. The Kier molecular flexibility index (Phi) is 6.72. The molecule has 0 aromatic rings. The summed E-state index contributed by atoms with van der Waals surface area (Å²) in [5, 5.41) is -2.04. The van der Waals surface area contributed by atoms with E-state index in [0.717, 1.165) is 12.0 Å². The minimum atomic E-state index is -5.17. The van der Waals surface area contributed by atoms with Crippen LogP contribution in [0.25, 0.3) is 0 Å². The van der Waals surface area contributed by atoms with Crippen molar-refractivity contribution in [2.75, 3.05) is 6.61 Å². The van der Waals surface area contributed by atoms with Crippen LogP contribution in [0.5, 0.6) is 0 Å². The maximum Gasteiger partial charge on any atom is 0.349 e. The van der Waals surface area contributed by atoms with Crippen LogP contribution in [0.15, 0.2) is 36.0 Å². The number of carbonyl (C=O) groups excluding carboxylic acids is 1. The average molecular weight is 340 g/mol. The van der Waals surface area contributed by atoms with Crippen LogP contribution in [0.1, 0.15) is 46.5 Å². The van der Waals surface area contributed by atoms with Crippen LogP contribution < -0.4 is 14.7 Å². The van der Waals surface area contributed by atoms with Crippen molar-refractivity contribution in [1.29, 1.82) is 0 Å². The van der Waals surface area contributed by atoms with Crippen molar-refractivity contribution < 1.29 is 24.2 Å². The van der Waals surface area contributed by atoms with Crippen LogP contribution in [0.2, 0.25) is 0 Å². The number of ether oxygens (including phenoxy) is 1. The van der Waals surface area contributed by atoms with Gasteiger partial charge in [0.2, 0.25) is 0 Å². The van der Waals surface area contributed by atoms with E-state index in [2.05, 4.69) is 19.2 Å². The summed E-state index contributed by atoms with van der Waals surface area (Å²) in [7, 11) is -5.17. The molecule has 1 saturated carbocycles. The molecule has 23 heavy (non-hydrogen) atoms. The smallest absolute Gasteiger partial charge is 0.349 e. The highest BCUT2D eigenvalue weighted by molar-refractivity contribution is 7.57. The predicted octanol–water partition coefficient (Wildman–Crippen LogP) is 1.40. The Bertz CT molecular complexity index is 514. The minimum Gasteiger partial charge on any atom is -0.687 e. The van der Waals surface area contributed by atoms with E-state index in [1.165, 1.54) is 5.57 Å². The van der Waals surface area contributed by atoms with Gasteiger partial charge < -0.3 is 19.4 Å². The summed E-state index contributed by atoms with van der Waals surface area (Å²) in [6, 6.07) is 0. The molecule has 1 fully saturated rings. The number of rotatable bonds is 7. The molecule has 1 rings (SSSR count). The average Bonchev–Trinajstić information content (AvgIpc) is 2.77. The summed E-state index contributed by atoms with van der Waals surface area (Å²) < 4.78 is 4.85. The van der Waals surface area contributed by atoms with Gasteiger partial charge >= 0.3 is 5.97 Å². The number of allylic oxidation sites excluding steroid dienone is 4. The highest BCUT2D eigenvalue weighted by atomic mass is 31.2. The second-order valence-electron chi connectivity index (χ2n) is 6.32. The fraction of sp³-hybridized carbons (Fsp3) is 0.588. The first-order valence-corrected chi connectivity index (χ1v) is 9.27. The molecule has 0 aromatic carbocycles. The van der Waals surface area contributed by atoms with Gasteiger partial charge in [0.15, 0.2) is 5.16 Å². The molecule has 0 N–H and O–H groups in total. The third-order valence-corrected chi connectivity index (χ3v) is 5.82. The molecule has 0 bridgehead atoms. The fourth-order valence-corrected chi connectivity index (χ4v) is 4.04. The van der Waals surface area contributed by atoms with Gasteiger partial charge in [-0.2, -0.15) is 0 Å². The Morgan fingerprint density at radius 1 is 1.43 bits per heavy atom. The lowest BCUT2D eigenvalue weighted by molar-refractivity contribution is -0.433. The molecule has 0 radical (unpaired) electrons. The van der Waals surface area contributed by atoms with Gasteiger partial charge in [-0.1, -0.05) is 36.0 Å². The molecule has 1 aliphatic carbocycles. The van der Waals surface area contributed by atoms with Crippen molar-refractivity contribution in [3.05, 3.63) is 36.0 Å². The lowest BCUT2D eigenvalue weighted by atomic mass is 9.91. The first-order valence-electron chi connectivity index (χ1n) is 7.73. The molecular weight excluding hydrogens is 315 g/mol. The number of esters is 1. The standard InChI is InChI=1S/C17H27O5P/c1-6-22-16(18)17(23(19,20)21)10-14(5)15(11-17)13(4)9-7-8-12(2)3/h8,15H,4-7,9-11H2,1-3H3,(H2,19,20,21)/p-2/t15-,17-/m0/s1. The van der Waals surface area contributed by atoms with E-state index in [1.54, 1.807) is 6.92 Å². The monoisotopic (exact) mass is 340 g/mol. The van der Waals surface area contributed by atoms with Gasteiger partial charge in [0.25, 0.3) is 0 Å². The van der Waals surface area contributed by atoms with Crippen LogP contribution in [0.3, 0.4) is 0 Å². The van der Waals surface area contributed by atoms with E-state index >= 15 is 0 Å². The zero-order chi connectivity index (χ0) is 17.8. The highest BCUT2D eigenvalue weighted by Gasteiger charge is 2.55. The summed E-state index contributed by atoms with van der Waals surface area (Å²) in [5.74, 6) is -1.31. The van der Waals surface area contributed by atoms with E-state index < -0.39 is 19.1 Å². The van der Waals surface area contributed by atoms with Crippen molar-refractivity contribution >= 4 is 13.9 Å². The van der Waals surface area contributed by atoms with Gasteiger partial charge in [-0.05, 0) is 33.6 Å². The summed E-state index contributed by atoms with van der Waals surface area (Å²) in [6.07, 6.45) is 3.22. The molecule has 0 spiro atoms. The second kappa shape index (κ2) is 7.71. The van der Waals surface area contributed by atoms with E-state index in [-0.39, 0.29) is 25.4 Å². The third kappa shape index (κ3) is 4.51. The Balaban J connectivity index is 2.96. The summed E-state index contributed by atoms with van der Waals surface area (Å²) in [5.41, 5.74) is 2.55. The normalized spacial score (nSPS) is 24.4. The maximum atomic E-state index is 12.2. The molecule has 0 saturated heterocycles. The van der Waals surface area contributed by atoms with Crippen molar-refractivity contribution in [1.82, 2.24) is 0 Å². The highest BCUT2D eigenvalue weighted by Crippen LogP contribution is 2.60. The largest absolute Gasteiger partial charge is 0.687 e. The van der Waals surface area contributed by atoms with Crippen LogP contribution in [0.4, 0.5) is 0 Å². The predicted molar refractivity (Wildman–Crippen MR) is 86.0 cm³/mol. The lowest BCUT2D eigenvalue weighted by Gasteiger charge is -2.53. The Labute approximate surface area is 139 Å². The number of hydrogen-bond acceptors (Lipinski definition) is 5. The quantitative estimate of drug-likeness (QED) is 0.396. The van der Waals surface area contributed by atoms with Crippen molar-refractivity contribution in [3.8, 4) is 0 Å². The van der Waals surface area contributed by atoms with Crippen LogP contribution in [-0.2, 0) is 9.53 Å². The third-order valence-electron chi connectivity index (χ3n) is 4.24. The zero-order valence-corrected chi connectivity index (χ0v) is 15.0. The summed E-state index contributed by atoms with van der Waals surface area (Å²) in [4.78, 5) is 47.5. The van der Waals surface area contributed by atoms with Crippen molar-refractivity contribution in [3.63, 3.8) is 0 Å². The summed E-state index contributed by atoms with van der Waals surface area (Å²) in [6.45, 7) is 13.5. The molecular formula is C17H25O5P-2. The second-order valence-corrected chi connectivity index (χ2v) is 8.17. The van der Waals surface area contributed by atoms with E-state index in [9.17, 15) is 19.5 Å². The van der Waals surface area contributed by atoms with Gasteiger partial charge in [-0.25, -0.2) is 4.79 Å². The molecule has 0 aliphatic heterocycles. The summed E-state index contributed by atoms with van der Waals surface area (Å²) >= 11 is 0. The fourth-order valence-electron chi connectivity index (χ4n) is 2.95. The molecule has 2 atom stereocenters. The molecule has 6 heteroatoms. The topological polar surface area (TPSA) is 95.5 Å². The first-order chi connectivity index (χ1) is 10.5.